The molecule has 2 unspecified atom stereocenters. The van der Waals surface area contributed by atoms with Gasteiger partial charge in [-0.3, -0.25) is 4.79 Å². The Morgan fingerprint density at radius 1 is 1.53 bits per heavy atom. The summed E-state index contributed by atoms with van der Waals surface area (Å²) in [6, 6.07) is 7.34. The summed E-state index contributed by atoms with van der Waals surface area (Å²) in [5.41, 5.74) is 0.371. The lowest BCUT2D eigenvalue weighted by atomic mass is 10.1. The van der Waals surface area contributed by atoms with E-state index in [1.54, 1.807) is 0 Å². The molecule has 1 aromatic rings. The summed E-state index contributed by atoms with van der Waals surface area (Å²) in [4.78, 5) is 11.9. The zero-order chi connectivity index (χ0) is 12.5. The largest absolute Gasteiger partial charge is 0.494 e. The van der Waals surface area contributed by atoms with Crippen LogP contribution in [0.25, 0.3) is 0 Å². The van der Waals surface area contributed by atoms with E-state index in [9.17, 15) is 4.79 Å². The lowest BCUT2D eigenvalue weighted by Crippen LogP contribution is -2.23. The Kier molecular flexibility index (Phi) is 3.29. The topological polar surface area (TPSA) is 38.3 Å². The molecule has 2 atom stereocenters. The van der Waals surface area contributed by atoms with Crippen molar-refractivity contribution in [2.45, 2.75) is 25.6 Å². The van der Waals surface area contributed by atoms with Gasteiger partial charge in [0.05, 0.1) is 12.0 Å². The van der Waals surface area contributed by atoms with E-state index in [1.807, 2.05) is 38.1 Å². The molecule has 92 valence electrons. The average Bonchev–Trinajstić information content (AvgIpc) is 2.92. The van der Waals surface area contributed by atoms with E-state index in [-0.39, 0.29) is 11.3 Å². The van der Waals surface area contributed by atoms with Gasteiger partial charge in [-0.25, -0.2) is 0 Å². The number of amides is 1. The number of benzene rings is 1. The van der Waals surface area contributed by atoms with E-state index in [1.165, 1.54) is 0 Å². The molecular formula is C13H16ClNO2. The number of halogens is 1. The molecule has 1 fully saturated rings. The Hall–Kier alpha value is -1.22. The molecule has 0 aromatic heterocycles. The monoisotopic (exact) mass is 253 g/mol. The highest BCUT2D eigenvalue weighted by Gasteiger charge is 2.55. The Morgan fingerprint density at radius 3 is 2.59 bits per heavy atom. The maximum atomic E-state index is 11.9. The van der Waals surface area contributed by atoms with Gasteiger partial charge in [0.1, 0.15) is 5.75 Å². The standard InChI is InChI=1S/C13H16ClNO2/c1-3-17-10-6-4-9(5-7-10)15-12(16)13(2)8-11(13)14/h4-7,11H,3,8H2,1-2H3,(H,15,16). The van der Waals surface area contributed by atoms with Crippen molar-refractivity contribution in [3.05, 3.63) is 24.3 Å². The summed E-state index contributed by atoms with van der Waals surface area (Å²) in [5, 5.41) is 2.83. The molecule has 2 rings (SSSR count). The number of carbonyl (C=O) groups excluding carboxylic acids is 1. The molecule has 4 heteroatoms. The molecule has 1 aliphatic carbocycles. The minimum atomic E-state index is -0.403. The molecule has 0 heterocycles. The van der Waals surface area contributed by atoms with Crippen LogP contribution in [0.4, 0.5) is 5.69 Å². The Morgan fingerprint density at radius 2 is 2.12 bits per heavy atom. The molecule has 0 radical (unpaired) electrons. The van der Waals surface area contributed by atoms with Gasteiger partial charge in [0.25, 0.3) is 0 Å². The fourth-order valence-corrected chi connectivity index (χ4v) is 2.04. The highest BCUT2D eigenvalue weighted by Crippen LogP contribution is 2.50. The number of alkyl halides is 1. The lowest BCUT2D eigenvalue weighted by Gasteiger charge is -2.11. The van der Waals surface area contributed by atoms with Crippen LogP contribution in [-0.2, 0) is 4.79 Å². The minimum absolute atomic E-state index is 0.0124. The molecule has 1 aromatic carbocycles. The summed E-state index contributed by atoms with van der Waals surface area (Å²) < 4.78 is 5.33. The summed E-state index contributed by atoms with van der Waals surface area (Å²) >= 11 is 5.94. The van der Waals surface area contributed by atoms with Gasteiger partial charge >= 0.3 is 0 Å². The molecule has 1 amide bonds. The fraction of sp³-hybridized carbons (Fsp3) is 0.462. The summed E-state index contributed by atoms with van der Waals surface area (Å²) in [6.07, 6.45) is 0.747. The predicted molar refractivity (Wildman–Crippen MR) is 68.6 cm³/mol. The quantitative estimate of drug-likeness (QED) is 0.838. The number of anilines is 1. The van der Waals surface area contributed by atoms with E-state index in [2.05, 4.69) is 5.32 Å². The number of carbonyl (C=O) groups is 1. The highest BCUT2D eigenvalue weighted by molar-refractivity contribution is 6.26. The van der Waals surface area contributed by atoms with Crippen molar-refractivity contribution in [3.8, 4) is 5.75 Å². The van der Waals surface area contributed by atoms with Crippen molar-refractivity contribution >= 4 is 23.2 Å². The van der Waals surface area contributed by atoms with Gasteiger partial charge < -0.3 is 10.1 Å². The number of ether oxygens (including phenoxy) is 1. The van der Waals surface area contributed by atoms with Crippen LogP contribution in [0.15, 0.2) is 24.3 Å². The predicted octanol–water partition coefficient (Wildman–Crippen LogP) is 3.04. The third kappa shape index (κ3) is 2.55. The second-order valence-electron chi connectivity index (χ2n) is 4.50. The van der Waals surface area contributed by atoms with Crippen molar-refractivity contribution < 1.29 is 9.53 Å². The van der Waals surface area contributed by atoms with Gasteiger partial charge in [0.15, 0.2) is 0 Å². The van der Waals surface area contributed by atoms with E-state index in [4.69, 9.17) is 16.3 Å². The first kappa shape index (κ1) is 12.2. The van der Waals surface area contributed by atoms with Crippen LogP contribution in [0, 0.1) is 5.41 Å². The Labute approximate surface area is 106 Å². The molecule has 1 aliphatic rings. The van der Waals surface area contributed by atoms with Crippen molar-refractivity contribution in [3.63, 3.8) is 0 Å². The average molecular weight is 254 g/mol. The van der Waals surface area contributed by atoms with Gasteiger partial charge in [-0.1, -0.05) is 0 Å². The van der Waals surface area contributed by atoms with Crippen molar-refractivity contribution in [2.75, 3.05) is 11.9 Å². The van der Waals surface area contributed by atoms with Crippen LogP contribution in [0.2, 0.25) is 0 Å². The van der Waals surface area contributed by atoms with Crippen LogP contribution in [-0.4, -0.2) is 17.9 Å². The number of hydrogen-bond donors (Lipinski definition) is 1. The first-order valence-corrected chi connectivity index (χ1v) is 6.18. The van der Waals surface area contributed by atoms with Gasteiger partial charge in [-0.15, -0.1) is 11.6 Å². The fourth-order valence-electron chi connectivity index (χ4n) is 1.62. The van der Waals surface area contributed by atoms with Crippen molar-refractivity contribution in [1.29, 1.82) is 0 Å². The van der Waals surface area contributed by atoms with E-state index < -0.39 is 5.41 Å². The minimum Gasteiger partial charge on any atom is -0.494 e. The van der Waals surface area contributed by atoms with Crippen molar-refractivity contribution in [2.24, 2.45) is 5.41 Å². The highest BCUT2D eigenvalue weighted by atomic mass is 35.5. The molecular weight excluding hydrogens is 238 g/mol. The SMILES string of the molecule is CCOc1ccc(NC(=O)C2(C)CC2Cl)cc1. The van der Waals surface area contributed by atoms with E-state index in [0.717, 1.165) is 17.9 Å². The van der Waals surface area contributed by atoms with Crippen LogP contribution in [0.5, 0.6) is 5.75 Å². The van der Waals surface area contributed by atoms with Crippen LogP contribution >= 0.6 is 11.6 Å². The van der Waals surface area contributed by atoms with Gasteiger partial charge in [-0.05, 0) is 44.5 Å². The third-order valence-electron chi connectivity index (χ3n) is 3.08. The zero-order valence-corrected chi connectivity index (χ0v) is 10.8. The summed E-state index contributed by atoms with van der Waals surface area (Å²) in [5.74, 6) is 0.792. The first-order chi connectivity index (χ1) is 8.06. The Balaban J connectivity index is 1.97. The normalized spacial score (nSPS) is 26.4. The summed E-state index contributed by atoms with van der Waals surface area (Å²) in [7, 11) is 0. The first-order valence-electron chi connectivity index (χ1n) is 5.74. The smallest absolute Gasteiger partial charge is 0.231 e. The molecule has 1 saturated carbocycles. The maximum Gasteiger partial charge on any atom is 0.231 e. The van der Waals surface area contributed by atoms with Crippen molar-refractivity contribution in [1.82, 2.24) is 0 Å². The second kappa shape index (κ2) is 4.57. The molecule has 17 heavy (non-hydrogen) atoms. The van der Waals surface area contributed by atoms with E-state index in [0.29, 0.717) is 6.61 Å². The van der Waals surface area contributed by atoms with E-state index >= 15 is 0 Å². The molecule has 0 aliphatic heterocycles. The molecule has 0 bridgehead atoms. The van der Waals surface area contributed by atoms with Crippen LogP contribution in [0.1, 0.15) is 20.3 Å². The number of rotatable bonds is 4. The van der Waals surface area contributed by atoms with Gasteiger partial charge in [0, 0.05) is 11.1 Å². The third-order valence-corrected chi connectivity index (χ3v) is 3.71. The van der Waals surface area contributed by atoms with Crippen LogP contribution < -0.4 is 10.1 Å². The maximum absolute atomic E-state index is 11.9. The molecule has 0 spiro atoms. The number of nitrogens with one attached hydrogen (secondary N) is 1. The van der Waals surface area contributed by atoms with Gasteiger partial charge in [0.2, 0.25) is 5.91 Å². The lowest BCUT2D eigenvalue weighted by molar-refractivity contribution is -0.120. The molecule has 1 N–H and O–H groups in total. The Bertz CT molecular complexity index is 418. The van der Waals surface area contributed by atoms with Crippen LogP contribution in [0.3, 0.4) is 0 Å². The number of hydrogen-bond acceptors (Lipinski definition) is 2. The zero-order valence-electron chi connectivity index (χ0n) is 10.00. The second-order valence-corrected chi connectivity index (χ2v) is 5.03. The van der Waals surface area contributed by atoms with Gasteiger partial charge in [-0.2, -0.15) is 0 Å². The molecule has 3 nitrogen and oxygen atoms in total. The summed E-state index contributed by atoms with van der Waals surface area (Å²) in [6.45, 7) is 4.45. The molecule has 0 saturated heterocycles.